The average molecular weight is 504 g/mol. The molecule has 0 atom stereocenters. The summed E-state index contributed by atoms with van der Waals surface area (Å²) >= 11 is 5.03. The van der Waals surface area contributed by atoms with Gasteiger partial charge < -0.3 is 5.32 Å². The molecule has 2 aromatic heterocycles. The minimum Gasteiger partial charge on any atom is -0.352 e. The lowest BCUT2D eigenvalue weighted by atomic mass is 10.0. The van der Waals surface area contributed by atoms with Crippen molar-refractivity contribution in [2.24, 2.45) is 0 Å². The predicted molar refractivity (Wildman–Crippen MR) is 132 cm³/mol. The number of benzene rings is 3. The third-order valence-electron chi connectivity index (χ3n) is 5.54. The van der Waals surface area contributed by atoms with Gasteiger partial charge in [-0.25, -0.2) is 23.4 Å². The molecule has 3 aromatic carbocycles. The van der Waals surface area contributed by atoms with Crippen LogP contribution in [0.25, 0.3) is 33.5 Å². The van der Waals surface area contributed by atoms with Crippen molar-refractivity contribution in [1.29, 1.82) is 0 Å². The summed E-state index contributed by atoms with van der Waals surface area (Å²) in [6, 6.07) is 16.9. The van der Waals surface area contributed by atoms with Crippen molar-refractivity contribution in [2.75, 3.05) is 6.54 Å². The second kappa shape index (κ2) is 10.1. The van der Waals surface area contributed by atoms with Gasteiger partial charge >= 0.3 is 0 Å². The SMILES string of the molecule is O=C(NCCCn1[nH]nnc1=S)c1ccc2nc(-c3ccc(F)cc3)c(-c3ccc(F)cc3)nc2c1. The van der Waals surface area contributed by atoms with Crippen molar-refractivity contribution in [1.82, 2.24) is 35.5 Å². The Labute approximate surface area is 209 Å². The van der Waals surface area contributed by atoms with Crippen molar-refractivity contribution in [3.63, 3.8) is 0 Å². The first-order valence-electron chi connectivity index (χ1n) is 11.1. The van der Waals surface area contributed by atoms with E-state index in [1.165, 1.54) is 24.3 Å². The van der Waals surface area contributed by atoms with Crippen LogP contribution < -0.4 is 5.32 Å². The molecule has 0 saturated heterocycles. The fourth-order valence-corrected chi connectivity index (χ4v) is 3.89. The first-order valence-corrected chi connectivity index (χ1v) is 11.5. The number of aromatic amines is 1. The highest BCUT2D eigenvalue weighted by molar-refractivity contribution is 7.71. The van der Waals surface area contributed by atoms with E-state index in [2.05, 4.69) is 20.8 Å². The van der Waals surface area contributed by atoms with E-state index in [1.54, 1.807) is 47.1 Å². The largest absolute Gasteiger partial charge is 0.352 e. The molecule has 0 aliphatic carbocycles. The van der Waals surface area contributed by atoms with Gasteiger partial charge in [0.1, 0.15) is 11.6 Å². The van der Waals surface area contributed by atoms with E-state index in [4.69, 9.17) is 22.2 Å². The van der Waals surface area contributed by atoms with Gasteiger partial charge in [-0.1, -0.05) is 10.3 Å². The standard InChI is InChI=1S/C25H19F2N7OS/c26-18-7-2-15(3-8-18)22-23(16-4-9-19(27)10-5-16)30-21-14-17(6-11-20(21)29-22)24(35)28-12-1-13-34-25(36)31-32-33-34/h2-11,14H,1,12-13H2,(H,28,35)(H,31,33,36). The number of nitrogens with one attached hydrogen (secondary N) is 2. The number of hydrogen-bond acceptors (Lipinski definition) is 6. The summed E-state index contributed by atoms with van der Waals surface area (Å²) in [5, 5.41) is 12.9. The van der Waals surface area contributed by atoms with Gasteiger partial charge in [-0.15, -0.1) is 0 Å². The number of carbonyl (C=O) groups is 1. The number of hydrogen-bond donors (Lipinski definition) is 2. The van der Waals surface area contributed by atoms with E-state index in [0.29, 0.717) is 63.4 Å². The second-order valence-corrected chi connectivity index (χ2v) is 8.35. The maximum Gasteiger partial charge on any atom is 0.251 e. The van der Waals surface area contributed by atoms with Crippen LogP contribution in [0.1, 0.15) is 16.8 Å². The molecule has 0 spiro atoms. The van der Waals surface area contributed by atoms with Crippen LogP contribution in [0, 0.1) is 16.4 Å². The lowest BCUT2D eigenvalue weighted by Gasteiger charge is -2.12. The molecule has 180 valence electrons. The summed E-state index contributed by atoms with van der Waals surface area (Å²) in [5.41, 5.74) is 3.83. The van der Waals surface area contributed by atoms with Crippen molar-refractivity contribution in [3.05, 3.63) is 88.7 Å². The highest BCUT2D eigenvalue weighted by Gasteiger charge is 2.15. The van der Waals surface area contributed by atoms with E-state index in [1.807, 2.05) is 0 Å². The number of carbonyl (C=O) groups excluding carboxylic acids is 1. The summed E-state index contributed by atoms with van der Waals surface area (Å²) in [5.74, 6) is -0.993. The molecule has 0 bridgehead atoms. The van der Waals surface area contributed by atoms with Gasteiger partial charge in [-0.05, 0) is 85.4 Å². The predicted octanol–water partition coefficient (Wildman–Crippen LogP) is 4.71. The third kappa shape index (κ3) is 5.01. The van der Waals surface area contributed by atoms with Crippen LogP contribution in [0.5, 0.6) is 0 Å². The number of rotatable bonds is 7. The minimum absolute atomic E-state index is 0.254. The van der Waals surface area contributed by atoms with Gasteiger partial charge in [0.25, 0.3) is 5.91 Å². The molecule has 0 radical (unpaired) electrons. The lowest BCUT2D eigenvalue weighted by molar-refractivity contribution is 0.0952. The molecule has 0 saturated carbocycles. The Kier molecular flexibility index (Phi) is 6.54. The van der Waals surface area contributed by atoms with Gasteiger partial charge in [-0.2, -0.15) is 5.21 Å². The number of amides is 1. The molecule has 0 aliphatic rings. The molecule has 36 heavy (non-hydrogen) atoms. The second-order valence-electron chi connectivity index (χ2n) is 7.98. The average Bonchev–Trinajstić information content (AvgIpc) is 3.30. The Balaban J connectivity index is 1.44. The van der Waals surface area contributed by atoms with E-state index in [0.717, 1.165) is 0 Å². The van der Waals surface area contributed by atoms with Crippen LogP contribution in [0.2, 0.25) is 0 Å². The van der Waals surface area contributed by atoms with Gasteiger partial charge in [0.15, 0.2) is 0 Å². The maximum absolute atomic E-state index is 13.6. The van der Waals surface area contributed by atoms with Crippen molar-refractivity contribution >= 4 is 29.2 Å². The quantitative estimate of drug-likeness (QED) is 0.246. The Morgan fingerprint density at radius 3 is 2.08 bits per heavy atom. The molecular formula is C25H19F2N7OS. The summed E-state index contributed by atoms with van der Waals surface area (Å²) in [7, 11) is 0. The Hall–Kier alpha value is -4.38. The Bertz CT molecular complexity index is 1600. The topological polar surface area (TPSA) is 101 Å². The van der Waals surface area contributed by atoms with Crippen LogP contribution in [-0.2, 0) is 6.54 Å². The minimum atomic E-state index is -0.374. The van der Waals surface area contributed by atoms with Crippen molar-refractivity contribution in [2.45, 2.75) is 13.0 Å². The van der Waals surface area contributed by atoms with Gasteiger partial charge in [-0.3, -0.25) is 4.79 Å². The van der Waals surface area contributed by atoms with E-state index >= 15 is 0 Å². The number of H-pyrrole nitrogens is 1. The molecule has 2 N–H and O–H groups in total. The number of halogens is 2. The summed E-state index contributed by atoms with van der Waals surface area (Å²) in [6.45, 7) is 0.968. The van der Waals surface area contributed by atoms with Crippen LogP contribution in [0.4, 0.5) is 8.78 Å². The van der Waals surface area contributed by atoms with Gasteiger partial charge in [0, 0.05) is 29.8 Å². The highest BCUT2D eigenvalue weighted by atomic mass is 32.1. The monoisotopic (exact) mass is 503 g/mol. The number of aromatic nitrogens is 6. The summed E-state index contributed by atoms with van der Waals surface area (Å²) < 4.78 is 29.0. The zero-order chi connectivity index (χ0) is 25.1. The van der Waals surface area contributed by atoms with Gasteiger partial charge in [0.05, 0.1) is 22.4 Å². The number of aryl methyl sites for hydroxylation is 1. The summed E-state index contributed by atoms with van der Waals surface area (Å²) in [6.07, 6.45) is 0.632. The first-order chi connectivity index (χ1) is 17.5. The zero-order valence-corrected chi connectivity index (χ0v) is 19.6. The number of tetrazole rings is 1. The molecule has 2 heterocycles. The summed E-state index contributed by atoms with van der Waals surface area (Å²) in [4.78, 5) is 22.2. The smallest absolute Gasteiger partial charge is 0.251 e. The number of fused-ring (bicyclic) bond motifs is 1. The molecule has 0 unspecified atom stereocenters. The number of nitrogens with zero attached hydrogens (tertiary/aromatic N) is 5. The lowest BCUT2D eigenvalue weighted by Crippen LogP contribution is -2.25. The van der Waals surface area contributed by atoms with Gasteiger partial charge in [0.2, 0.25) is 4.77 Å². The molecule has 0 aliphatic heterocycles. The van der Waals surface area contributed by atoms with Crippen LogP contribution >= 0.6 is 12.2 Å². The van der Waals surface area contributed by atoms with Crippen LogP contribution in [0.15, 0.2) is 66.7 Å². The normalized spacial score (nSPS) is 11.1. The maximum atomic E-state index is 13.6. The van der Waals surface area contributed by atoms with E-state index in [-0.39, 0.29) is 17.5 Å². The fourth-order valence-electron chi connectivity index (χ4n) is 3.72. The van der Waals surface area contributed by atoms with E-state index in [9.17, 15) is 13.6 Å². The molecule has 5 rings (SSSR count). The highest BCUT2D eigenvalue weighted by Crippen LogP contribution is 2.31. The molecule has 0 fully saturated rings. The molecule has 5 aromatic rings. The Morgan fingerprint density at radius 1 is 0.889 bits per heavy atom. The molecule has 11 heteroatoms. The Morgan fingerprint density at radius 2 is 1.50 bits per heavy atom. The third-order valence-corrected chi connectivity index (χ3v) is 5.84. The molecule has 1 amide bonds. The molecular weight excluding hydrogens is 484 g/mol. The van der Waals surface area contributed by atoms with E-state index < -0.39 is 0 Å². The van der Waals surface area contributed by atoms with Crippen LogP contribution in [0.3, 0.4) is 0 Å². The fraction of sp³-hybridized carbons (Fsp3) is 0.120. The van der Waals surface area contributed by atoms with Crippen LogP contribution in [-0.4, -0.2) is 42.6 Å². The molecule has 8 nitrogen and oxygen atoms in total. The zero-order valence-electron chi connectivity index (χ0n) is 18.8. The van der Waals surface area contributed by atoms with Crippen molar-refractivity contribution in [3.8, 4) is 22.5 Å². The van der Waals surface area contributed by atoms with Crippen molar-refractivity contribution < 1.29 is 13.6 Å². The first kappa shape index (κ1) is 23.4.